The van der Waals surface area contributed by atoms with E-state index in [-0.39, 0.29) is 6.10 Å². The third kappa shape index (κ3) is 5.19. The summed E-state index contributed by atoms with van der Waals surface area (Å²) in [5.74, 6) is 0.811. The number of benzene rings is 1. The molecule has 0 radical (unpaired) electrons. The van der Waals surface area contributed by atoms with E-state index in [0.29, 0.717) is 0 Å². The Labute approximate surface area is 109 Å². The van der Waals surface area contributed by atoms with Gasteiger partial charge in [-0.2, -0.15) is 0 Å². The molecule has 0 heterocycles. The van der Waals surface area contributed by atoms with E-state index in [9.17, 15) is 0 Å². The van der Waals surface area contributed by atoms with Crippen molar-refractivity contribution in [3.05, 3.63) is 35.9 Å². The Morgan fingerprint density at radius 3 is 2.67 bits per heavy atom. The molecule has 0 bridgehead atoms. The third-order valence-corrected chi connectivity index (χ3v) is 2.71. The van der Waals surface area contributed by atoms with Gasteiger partial charge in [0.2, 0.25) is 0 Å². The van der Waals surface area contributed by atoms with Gasteiger partial charge in [0.1, 0.15) is 0 Å². The first-order valence-corrected chi connectivity index (χ1v) is 6.33. The molecule has 0 unspecified atom stereocenters. The minimum atomic E-state index is 0.148. The summed E-state index contributed by atoms with van der Waals surface area (Å²) in [5.41, 5.74) is 1.22. The maximum atomic E-state index is 5.78. The van der Waals surface area contributed by atoms with Crippen LogP contribution in [0.2, 0.25) is 0 Å². The van der Waals surface area contributed by atoms with Crippen molar-refractivity contribution in [1.29, 1.82) is 0 Å². The van der Waals surface area contributed by atoms with Crippen LogP contribution in [-0.4, -0.2) is 33.2 Å². The Kier molecular flexibility index (Phi) is 6.87. The van der Waals surface area contributed by atoms with Crippen LogP contribution in [0, 0.1) is 0 Å². The van der Waals surface area contributed by atoms with Crippen LogP contribution in [0.1, 0.15) is 25.0 Å². The van der Waals surface area contributed by atoms with Crippen LogP contribution in [0.5, 0.6) is 0 Å². The minimum Gasteiger partial charge on any atom is -0.374 e. The van der Waals surface area contributed by atoms with Crippen molar-refractivity contribution in [3.63, 3.8) is 0 Å². The molecular weight excluding hydrogens is 226 g/mol. The van der Waals surface area contributed by atoms with Crippen LogP contribution in [0.3, 0.4) is 0 Å². The molecule has 100 valence electrons. The lowest BCUT2D eigenvalue weighted by Gasteiger charge is -2.14. The van der Waals surface area contributed by atoms with E-state index in [1.807, 2.05) is 25.2 Å². The zero-order valence-electron chi connectivity index (χ0n) is 11.4. The molecule has 2 N–H and O–H groups in total. The molecular formula is C14H23N3O. The lowest BCUT2D eigenvalue weighted by atomic mass is 10.1. The fourth-order valence-electron chi connectivity index (χ4n) is 1.64. The van der Waals surface area contributed by atoms with Gasteiger partial charge in [0.15, 0.2) is 5.96 Å². The molecule has 1 atom stereocenters. The van der Waals surface area contributed by atoms with Crippen molar-refractivity contribution in [2.24, 2.45) is 4.99 Å². The van der Waals surface area contributed by atoms with Crippen LogP contribution in [0.15, 0.2) is 35.3 Å². The molecule has 0 fully saturated rings. The van der Waals surface area contributed by atoms with Crippen molar-refractivity contribution >= 4 is 5.96 Å². The van der Waals surface area contributed by atoms with E-state index in [1.165, 1.54) is 5.56 Å². The summed E-state index contributed by atoms with van der Waals surface area (Å²) in [4.78, 5) is 4.04. The summed E-state index contributed by atoms with van der Waals surface area (Å²) in [6.07, 6.45) is 1.10. The van der Waals surface area contributed by atoms with Gasteiger partial charge in [-0.1, -0.05) is 30.3 Å². The molecule has 0 aliphatic heterocycles. The first-order chi connectivity index (χ1) is 8.77. The lowest BCUT2D eigenvalue weighted by molar-refractivity contribution is 0.0646. The number of nitrogens with one attached hydrogen (secondary N) is 2. The van der Waals surface area contributed by atoms with Gasteiger partial charge >= 0.3 is 0 Å². The van der Waals surface area contributed by atoms with Crippen LogP contribution < -0.4 is 10.6 Å². The Bertz CT molecular complexity index is 351. The summed E-state index contributed by atoms with van der Waals surface area (Å²) in [6.45, 7) is 3.67. The molecule has 1 aromatic carbocycles. The van der Waals surface area contributed by atoms with E-state index in [2.05, 4.69) is 34.7 Å². The largest absolute Gasteiger partial charge is 0.374 e. The van der Waals surface area contributed by atoms with Gasteiger partial charge in [-0.05, 0) is 18.9 Å². The Hall–Kier alpha value is -1.55. The van der Waals surface area contributed by atoms with Gasteiger partial charge < -0.3 is 15.4 Å². The SMILES string of the molecule is CN=C(NC)NCCCO[C@@H](C)c1ccccc1. The smallest absolute Gasteiger partial charge is 0.190 e. The van der Waals surface area contributed by atoms with Crippen molar-refractivity contribution in [2.75, 3.05) is 27.2 Å². The molecule has 0 aliphatic rings. The third-order valence-electron chi connectivity index (χ3n) is 2.71. The molecule has 0 amide bonds. The van der Waals surface area contributed by atoms with E-state index in [1.54, 1.807) is 7.05 Å². The van der Waals surface area contributed by atoms with E-state index in [0.717, 1.165) is 25.5 Å². The number of guanidine groups is 1. The second-order valence-electron chi connectivity index (χ2n) is 4.03. The molecule has 1 aromatic rings. The summed E-state index contributed by atoms with van der Waals surface area (Å²) >= 11 is 0. The number of aliphatic imine (C=N–C) groups is 1. The molecule has 0 aliphatic carbocycles. The normalized spacial score (nSPS) is 13.2. The highest BCUT2D eigenvalue weighted by Crippen LogP contribution is 2.15. The maximum absolute atomic E-state index is 5.78. The van der Waals surface area contributed by atoms with E-state index < -0.39 is 0 Å². The Morgan fingerprint density at radius 1 is 1.33 bits per heavy atom. The summed E-state index contributed by atoms with van der Waals surface area (Å²) < 4.78 is 5.78. The highest BCUT2D eigenvalue weighted by atomic mass is 16.5. The Balaban J connectivity index is 2.15. The van der Waals surface area contributed by atoms with Crippen LogP contribution in [0.4, 0.5) is 0 Å². The zero-order valence-corrected chi connectivity index (χ0v) is 11.4. The van der Waals surface area contributed by atoms with Gasteiger partial charge in [-0.3, -0.25) is 4.99 Å². The average molecular weight is 249 g/mol. The number of rotatable bonds is 6. The highest BCUT2D eigenvalue weighted by Gasteiger charge is 2.03. The van der Waals surface area contributed by atoms with E-state index >= 15 is 0 Å². The number of hydrogen-bond donors (Lipinski definition) is 2. The number of hydrogen-bond acceptors (Lipinski definition) is 2. The topological polar surface area (TPSA) is 45.7 Å². The van der Waals surface area contributed by atoms with Gasteiger partial charge in [-0.15, -0.1) is 0 Å². The molecule has 0 saturated carbocycles. The van der Waals surface area contributed by atoms with Crippen molar-refractivity contribution in [2.45, 2.75) is 19.4 Å². The fraction of sp³-hybridized carbons (Fsp3) is 0.500. The molecule has 18 heavy (non-hydrogen) atoms. The van der Waals surface area contributed by atoms with Crippen molar-refractivity contribution in [1.82, 2.24) is 10.6 Å². The van der Waals surface area contributed by atoms with Crippen LogP contribution in [-0.2, 0) is 4.74 Å². The standard InChI is InChI=1S/C14H23N3O/c1-12(13-8-5-4-6-9-13)18-11-7-10-17-14(15-2)16-3/h4-6,8-9,12H,7,10-11H2,1-3H3,(H2,15,16,17)/t12-/m0/s1. The van der Waals surface area contributed by atoms with Gasteiger partial charge in [0, 0.05) is 27.2 Å². The lowest BCUT2D eigenvalue weighted by Crippen LogP contribution is -2.35. The van der Waals surface area contributed by atoms with Crippen molar-refractivity contribution in [3.8, 4) is 0 Å². The monoisotopic (exact) mass is 249 g/mol. The minimum absolute atomic E-state index is 0.148. The molecule has 1 rings (SSSR count). The number of ether oxygens (including phenoxy) is 1. The molecule has 0 aromatic heterocycles. The van der Waals surface area contributed by atoms with Crippen molar-refractivity contribution < 1.29 is 4.74 Å². The fourth-order valence-corrected chi connectivity index (χ4v) is 1.64. The molecule has 0 saturated heterocycles. The Morgan fingerprint density at radius 2 is 2.06 bits per heavy atom. The second kappa shape index (κ2) is 8.53. The van der Waals surface area contributed by atoms with E-state index in [4.69, 9.17) is 4.74 Å². The first kappa shape index (κ1) is 14.5. The van der Waals surface area contributed by atoms with Gasteiger partial charge in [0.25, 0.3) is 0 Å². The molecule has 0 spiro atoms. The summed E-state index contributed by atoms with van der Waals surface area (Å²) in [7, 11) is 3.61. The molecule has 4 nitrogen and oxygen atoms in total. The maximum Gasteiger partial charge on any atom is 0.190 e. The molecule has 4 heteroatoms. The van der Waals surface area contributed by atoms with Gasteiger partial charge in [0.05, 0.1) is 6.10 Å². The predicted molar refractivity (Wildman–Crippen MR) is 75.8 cm³/mol. The number of nitrogens with zero attached hydrogens (tertiary/aromatic N) is 1. The van der Waals surface area contributed by atoms with Crippen LogP contribution in [0.25, 0.3) is 0 Å². The average Bonchev–Trinajstić information content (AvgIpc) is 2.43. The predicted octanol–water partition coefficient (Wildman–Crippen LogP) is 1.95. The van der Waals surface area contributed by atoms with Gasteiger partial charge in [-0.25, -0.2) is 0 Å². The summed E-state index contributed by atoms with van der Waals surface area (Å²) in [5, 5.41) is 6.17. The quantitative estimate of drug-likeness (QED) is 0.460. The first-order valence-electron chi connectivity index (χ1n) is 6.33. The zero-order chi connectivity index (χ0) is 13.2. The summed E-state index contributed by atoms with van der Waals surface area (Å²) in [6, 6.07) is 10.3. The second-order valence-corrected chi connectivity index (χ2v) is 4.03. The van der Waals surface area contributed by atoms with Crippen LogP contribution >= 0.6 is 0 Å². The highest BCUT2D eigenvalue weighted by molar-refractivity contribution is 5.79.